The third kappa shape index (κ3) is 4.96. The summed E-state index contributed by atoms with van der Waals surface area (Å²) in [5.74, 6) is -0.933. The second-order valence-corrected chi connectivity index (χ2v) is 5.65. The van der Waals surface area contributed by atoms with Crippen molar-refractivity contribution in [1.29, 1.82) is 0 Å². The third-order valence-electron chi connectivity index (χ3n) is 3.17. The molecule has 2 aromatic carbocycles. The van der Waals surface area contributed by atoms with Gasteiger partial charge in [-0.3, -0.25) is 9.59 Å². The van der Waals surface area contributed by atoms with Gasteiger partial charge in [-0.15, -0.1) is 0 Å². The normalized spacial score (nSPS) is 11.5. The van der Waals surface area contributed by atoms with Gasteiger partial charge in [-0.05, 0) is 49.4 Å². The molecule has 5 nitrogen and oxygen atoms in total. The molecule has 7 heteroatoms. The van der Waals surface area contributed by atoms with Crippen molar-refractivity contribution in [1.82, 2.24) is 0 Å². The summed E-state index contributed by atoms with van der Waals surface area (Å²) in [4.78, 5) is 23.2. The van der Waals surface area contributed by atoms with Gasteiger partial charge in [-0.2, -0.15) is 0 Å². The molecule has 2 rings (SSSR count). The molecular formula is C17H17ClFN3O2. The quantitative estimate of drug-likeness (QED) is 0.767. The van der Waals surface area contributed by atoms with Crippen LogP contribution in [0.1, 0.15) is 13.8 Å². The number of anilines is 3. The van der Waals surface area contributed by atoms with Gasteiger partial charge in [-0.1, -0.05) is 11.6 Å². The zero-order chi connectivity index (χ0) is 17.7. The van der Waals surface area contributed by atoms with E-state index in [2.05, 4.69) is 16.0 Å². The fraction of sp³-hybridized carbons (Fsp3) is 0.176. The van der Waals surface area contributed by atoms with Crippen LogP contribution in [0.5, 0.6) is 0 Å². The fourth-order valence-corrected chi connectivity index (χ4v) is 2.21. The van der Waals surface area contributed by atoms with Crippen molar-refractivity contribution in [2.75, 3.05) is 16.0 Å². The Balaban J connectivity index is 1.97. The van der Waals surface area contributed by atoms with Gasteiger partial charge in [0.25, 0.3) is 0 Å². The Hall–Kier alpha value is -2.60. The van der Waals surface area contributed by atoms with Gasteiger partial charge in [0.1, 0.15) is 11.9 Å². The van der Waals surface area contributed by atoms with Crippen LogP contribution in [0.3, 0.4) is 0 Å². The van der Waals surface area contributed by atoms with E-state index >= 15 is 0 Å². The van der Waals surface area contributed by atoms with E-state index < -0.39 is 11.9 Å². The Morgan fingerprint density at radius 3 is 2.25 bits per heavy atom. The molecule has 0 aliphatic heterocycles. The molecule has 126 valence electrons. The average molecular weight is 350 g/mol. The van der Waals surface area contributed by atoms with E-state index in [1.54, 1.807) is 31.2 Å². The summed E-state index contributed by atoms with van der Waals surface area (Å²) in [7, 11) is 0. The second kappa shape index (κ2) is 7.79. The van der Waals surface area contributed by atoms with Crippen LogP contribution >= 0.6 is 11.6 Å². The molecule has 0 fully saturated rings. The Morgan fingerprint density at radius 1 is 1.04 bits per heavy atom. The summed E-state index contributed by atoms with van der Waals surface area (Å²) < 4.78 is 13.0. The number of amides is 2. The van der Waals surface area contributed by atoms with Gasteiger partial charge in [0.05, 0.1) is 10.7 Å². The maximum atomic E-state index is 13.0. The molecule has 0 saturated heterocycles. The number of benzene rings is 2. The van der Waals surface area contributed by atoms with Crippen LogP contribution in [0.15, 0.2) is 42.5 Å². The van der Waals surface area contributed by atoms with Crippen molar-refractivity contribution >= 4 is 40.5 Å². The maximum absolute atomic E-state index is 13.0. The lowest BCUT2D eigenvalue weighted by Crippen LogP contribution is -2.31. The summed E-state index contributed by atoms with van der Waals surface area (Å²) in [6.07, 6.45) is 0. The summed E-state index contributed by atoms with van der Waals surface area (Å²) in [6.45, 7) is 3.12. The minimum Gasteiger partial charge on any atom is -0.374 e. The van der Waals surface area contributed by atoms with Gasteiger partial charge in [0, 0.05) is 18.3 Å². The molecule has 0 heterocycles. The summed E-state index contributed by atoms with van der Waals surface area (Å²) >= 11 is 5.89. The molecule has 2 amide bonds. The number of hydrogen-bond donors (Lipinski definition) is 3. The average Bonchev–Trinajstić information content (AvgIpc) is 2.51. The monoisotopic (exact) mass is 349 g/mol. The molecule has 3 N–H and O–H groups in total. The van der Waals surface area contributed by atoms with E-state index in [9.17, 15) is 14.0 Å². The highest BCUT2D eigenvalue weighted by Crippen LogP contribution is 2.23. The second-order valence-electron chi connectivity index (χ2n) is 5.24. The SMILES string of the molecule is CC(=O)Nc1ccc(NC(C)C(=O)Nc2ccc(F)cc2Cl)cc1. The highest BCUT2D eigenvalue weighted by molar-refractivity contribution is 6.33. The van der Waals surface area contributed by atoms with Crippen molar-refractivity contribution < 1.29 is 14.0 Å². The first kappa shape index (κ1) is 17.7. The number of rotatable bonds is 5. The Morgan fingerprint density at radius 2 is 1.67 bits per heavy atom. The van der Waals surface area contributed by atoms with E-state index in [-0.39, 0.29) is 16.8 Å². The molecule has 1 atom stereocenters. The fourth-order valence-electron chi connectivity index (χ4n) is 2.00. The highest BCUT2D eigenvalue weighted by atomic mass is 35.5. The molecule has 24 heavy (non-hydrogen) atoms. The van der Waals surface area contributed by atoms with Crippen molar-refractivity contribution in [3.8, 4) is 0 Å². The van der Waals surface area contributed by atoms with Crippen molar-refractivity contribution in [3.05, 3.63) is 53.3 Å². The van der Waals surface area contributed by atoms with Gasteiger partial charge < -0.3 is 16.0 Å². The minimum absolute atomic E-state index is 0.134. The van der Waals surface area contributed by atoms with Crippen molar-refractivity contribution in [2.45, 2.75) is 19.9 Å². The first-order valence-electron chi connectivity index (χ1n) is 7.25. The van der Waals surface area contributed by atoms with Gasteiger partial charge in [0.15, 0.2) is 0 Å². The first-order valence-corrected chi connectivity index (χ1v) is 7.63. The summed E-state index contributed by atoms with van der Waals surface area (Å²) in [6, 6.07) is 10.2. The predicted molar refractivity (Wildman–Crippen MR) is 93.9 cm³/mol. The standard InChI is InChI=1S/C17H17ClFN3O2/c1-10(17(24)22-16-8-3-12(19)9-15(16)18)20-13-4-6-14(7-5-13)21-11(2)23/h3-10,20H,1-2H3,(H,21,23)(H,22,24). The van der Waals surface area contributed by atoms with E-state index in [1.807, 2.05) is 0 Å². The maximum Gasteiger partial charge on any atom is 0.246 e. The molecule has 0 radical (unpaired) electrons. The number of carbonyl (C=O) groups is 2. The lowest BCUT2D eigenvalue weighted by atomic mass is 10.2. The van der Waals surface area contributed by atoms with Crippen molar-refractivity contribution in [2.24, 2.45) is 0 Å². The zero-order valence-corrected chi connectivity index (χ0v) is 13.9. The van der Waals surface area contributed by atoms with Crippen molar-refractivity contribution in [3.63, 3.8) is 0 Å². The molecule has 0 spiro atoms. The Kier molecular flexibility index (Phi) is 5.76. The molecule has 0 aliphatic carbocycles. The summed E-state index contributed by atoms with van der Waals surface area (Å²) in [5.41, 5.74) is 1.73. The van der Waals surface area contributed by atoms with Crippen LogP contribution < -0.4 is 16.0 Å². The molecule has 2 aromatic rings. The van der Waals surface area contributed by atoms with Gasteiger partial charge >= 0.3 is 0 Å². The smallest absolute Gasteiger partial charge is 0.246 e. The molecule has 0 bridgehead atoms. The van der Waals surface area contributed by atoms with E-state index in [0.717, 1.165) is 11.8 Å². The van der Waals surface area contributed by atoms with E-state index in [1.165, 1.54) is 19.1 Å². The van der Waals surface area contributed by atoms with Gasteiger partial charge in [0.2, 0.25) is 11.8 Å². The molecule has 0 aliphatic rings. The Bertz CT molecular complexity index is 750. The molecular weight excluding hydrogens is 333 g/mol. The van der Waals surface area contributed by atoms with Gasteiger partial charge in [-0.25, -0.2) is 4.39 Å². The van der Waals surface area contributed by atoms with E-state index in [4.69, 9.17) is 11.6 Å². The lowest BCUT2D eigenvalue weighted by molar-refractivity contribution is -0.116. The van der Waals surface area contributed by atoms with Crippen LogP contribution in [-0.4, -0.2) is 17.9 Å². The van der Waals surface area contributed by atoms with Crippen LogP contribution in [-0.2, 0) is 9.59 Å². The lowest BCUT2D eigenvalue weighted by Gasteiger charge is -2.16. The molecule has 0 saturated carbocycles. The van der Waals surface area contributed by atoms with E-state index in [0.29, 0.717) is 11.4 Å². The highest BCUT2D eigenvalue weighted by Gasteiger charge is 2.14. The Labute approximate surface area is 144 Å². The number of hydrogen-bond acceptors (Lipinski definition) is 3. The number of halogens is 2. The summed E-state index contributed by atoms with van der Waals surface area (Å²) in [5, 5.41) is 8.46. The number of carbonyl (C=O) groups excluding carboxylic acids is 2. The number of nitrogens with one attached hydrogen (secondary N) is 3. The van der Waals surface area contributed by atoms with Crippen LogP contribution in [0.4, 0.5) is 21.5 Å². The zero-order valence-electron chi connectivity index (χ0n) is 13.2. The minimum atomic E-state index is -0.544. The van der Waals surface area contributed by atoms with Crippen LogP contribution in [0.2, 0.25) is 5.02 Å². The molecule has 0 aromatic heterocycles. The largest absolute Gasteiger partial charge is 0.374 e. The first-order chi connectivity index (χ1) is 11.3. The van der Waals surface area contributed by atoms with Crippen LogP contribution in [0, 0.1) is 5.82 Å². The topological polar surface area (TPSA) is 70.2 Å². The third-order valence-corrected chi connectivity index (χ3v) is 3.48. The molecule has 1 unspecified atom stereocenters. The predicted octanol–water partition coefficient (Wildman–Crippen LogP) is 3.88. The van der Waals surface area contributed by atoms with Crippen LogP contribution in [0.25, 0.3) is 0 Å².